The van der Waals surface area contributed by atoms with Gasteiger partial charge in [0.05, 0.1) is 22.9 Å². The normalized spacial score (nSPS) is 10.7. The van der Waals surface area contributed by atoms with E-state index in [2.05, 4.69) is 31.3 Å². The van der Waals surface area contributed by atoms with E-state index in [0.717, 1.165) is 27.3 Å². The number of hydrogen-bond donors (Lipinski definition) is 1. The van der Waals surface area contributed by atoms with E-state index >= 15 is 0 Å². The minimum absolute atomic E-state index is 0.571. The van der Waals surface area contributed by atoms with Crippen molar-refractivity contribution in [3.63, 3.8) is 0 Å². The Morgan fingerprint density at radius 3 is 2.65 bits per heavy atom. The molecule has 2 heterocycles. The smallest absolute Gasteiger partial charge is 0.183 e. The van der Waals surface area contributed by atoms with E-state index in [1.165, 1.54) is 11.3 Å². The Labute approximate surface area is 133 Å². The third-order valence-corrected chi connectivity index (χ3v) is 4.20. The van der Waals surface area contributed by atoms with Gasteiger partial charge in [-0.1, -0.05) is 11.6 Å². The molecule has 20 heavy (non-hydrogen) atoms. The van der Waals surface area contributed by atoms with Crippen LogP contribution < -0.4 is 5.32 Å². The number of nitrogens with one attached hydrogen (secondary N) is 1. The van der Waals surface area contributed by atoms with Crippen molar-refractivity contribution in [3.8, 4) is 5.69 Å². The van der Waals surface area contributed by atoms with Gasteiger partial charge in [0.15, 0.2) is 4.47 Å². The molecule has 0 bridgehead atoms. The summed E-state index contributed by atoms with van der Waals surface area (Å²) in [5, 5.41) is 7.57. The Morgan fingerprint density at radius 1 is 1.25 bits per heavy atom. The maximum atomic E-state index is 5.80. The molecule has 0 spiro atoms. The lowest BCUT2D eigenvalue weighted by Crippen LogP contribution is -1.98. The van der Waals surface area contributed by atoms with Gasteiger partial charge in [-0.2, -0.15) is 5.10 Å². The first kappa shape index (κ1) is 13.6. The molecule has 4 nitrogen and oxygen atoms in total. The maximum Gasteiger partial charge on any atom is 0.183 e. The van der Waals surface area contributed by atoms with E-state index in [1.807, 2.05) is 35.1 Å². The summed E-state index contributed by atoms with van der Waals surface area (Å²) < 4.78 is 3.35. The number of aromatic nitrogens is 3. The number of anilines is 1. The van der Waals surface area contributed by atoms with E-state index in [-0.39, 0.29) is 0 Å². The SMILES string of the molecule is Clc1ncc(CNc2ccc(-n3cc(Br)cn3)cc2)s1. The Hall–Kier alpha value is -1.37. The lowest BCUT2D eigenvalue weighted by atomic mass is 10.3. The van der Waals surface area contributed by atoms with Gasteiger partial charge in [-0.05, 0) is 40.2 Å². The quantitative estimate of drug-likeness (QED) is 0.743. The van der Waals surface area contributed by atoms with Crippen molar-refractivity contribution in [2.24, 2.45) is 0 Å². The number of nitrogens with zero attached hydrogens (tertiary/aromatic N) is 3. The second-order valence-corrected chi connectivity index (χ2v) is 6.70. The second-order valence-electron chi connectivity index (χ2n) is 4.08. The minimum Gasteiger partial charge on any atom is -0.380 e. The topological polar surface area (TPSA) is 42.7 Å². The van der Waals surface area contributed by atoms with Crippen molar-refractivity contribution in [3.05, 3.63) is 56.7 Å². The van der Waals surface area contributed by atoms with E-state index in [0.29, 0.717) is 4.47 Å². The summed E-state index contributed by atoms with van der Waals surface area (Å²) in [4.78, 5) is 5.12. The molecular weight excluding hydrogens is 360 g/mol. The average molecular weight is 370 g/mol. The number of thiazole rings is 1. The van der Waals surface area contributed by atoms with Crippen molar-refractivity contribution in [1.82, 2.24) is 14.8 Å². The van der Waals surface area contributed by atoms with Gasteiger partial charge in [0.2, 0.25) is 0 Å². The van der Waals surface area contributed by atoms with Crippen LogP contribution in [-0.2, 0) is 6.54 Å². The molecule has 2 aromatic heterocycles. The fourth-order valence-corrected chi connectivity index (χ4v) is 2.93. The lowest BCUT2D eigenvalue weighted by molar-refractivity contribution is 0.880. The first-order valence-corrected chi connectivity index (χ1v) is 7.84. The van der Waals surface area contributed by atoms with Gasteiger partial charge >= 0.3 is 0 Å². The molecule has 0 aliphatic rings. The summed E-state index contributed by atoms with van der Waals surface area (Å²) in [6.07, 6.45) is 5.47. The highest BCUT2D eigenvalue weighted by molar-refractivity contribution is 9.10. The molecule has 1 N–H and O–H groups in total. The van der Waals surface area contributed by atoms with Gasteiger partial charge in [0.1, 0.15) is 0 Å². The monoisotopic (exact) mass is 368 g/mol. The highest BCUT2D eigenvalue weighted by Gasteiger charge is 2.01. The van der Waals surface area contributed by atoms with Gasteiger partial charge in [0, 0.05) is 23.0 Å². The summed E-state index contributed by atoms with van der Waals surface area (Å²) in [5.41, 5.74) is 2.06. The van der Waals surface area contributed by atoms with E-state index in [1.54, 1.807) is 12.4 Å². The van der Waals surface area contributed by atoms with Crippen LogP contribution in [0.25, 0.3) is 5.69 Å². The van der Waals surface area contributed by atoms with Crippen molar-refractivity contribution in [2.45, 2.75) is 6.54 Å². The van der Waals surface area contributed by atoms with Crippen LogP contribution in [0.15, 0.2) is 47.3 Å². The lowest BCUT2D eigenvalue weighted by Gasteiger charge is -2.06. The van der Waals surface area contributed by atoms with Gasteiger partial charge in [-0.15, -0.1) is 11.3 Å². The molecule has 0 unspecified atom stereocenters. The predicted molar refractivity (Wildman–Crippen MR) is 85.7 cm³/mol. The highest BCUT2D eigenvalue weighted by atomic mass is 79.9. The van der Waals surface area contributed by atoms with Crippen LogP contribution in [0, 0.1) is 0 Å². The molecule has 0 saturated heterocycles. The maximum absolute atomic E-state index is 5.80. The Kier molecular flexibility index (Phi) is 4.05. The van der Waals surface area contributed by atoms with Crippen LogP contribution in [0.2, 0.25) is 4.47 Å². The molecule has 0 saturated carbocycles. The van der Waals surface area contributed by atoms with Gasteiger partial charge in [-0.25, -0.2) is 9.67 Å². The van der Waals surface area contributed by atoms with Crippen LogP contribution in [0.5, 0.6) is 0 Å². The number of halogens is 2. The molecule has 1 aromatic carbocycles. The fourth-order valence-electron chi connectivity index (χ4n) is 1.73. The fraction of sp³-hybridized carbons (Fsp3) is 0.0769. The number of benzene rings is 1. The molecule has 0 fully saturated rings. The molecule has 0 atom stereocenters. The summed E-state index contributed by atoms with van der Waals surface area (Å²) >= 11 is 10.7. The van der Waals surface area contributed by atoms with Crippen LogP contribution in [0.4, 0.5) is 5.69 Å². The number of hydrogen-bond acceptors (Lipinski definition) is 4. The van der Waals surface area contributed by atoms with E-state index in [4.69, 9.17) is 11.6 Å². The highest BCUT2D eigenvalue weighted by Crippen LogP contribution is 2.20. The molecular formula is C13H10BrClN4S. The molecule has 102 valence electrons. The van der Waals surface area contributed by atoms with Crippen molar-refractivity contribution in [2.75, 3.05) is 5.32 Å². The first-order chi connectivity index (χ1) is 9.70. The van der Waals surface area contributed by atoms with E-state index in [9.17, 15) is 0 Å². The summed E-state index contributed by atoms with van der Waals surface area (Å²) in [5.74, 6) is 0. The second kappa shape index (κ2) is 5.95. The van der Waals surface area contributed by atoms with Crippen LogP contribution >= 0.6 is 38.9 Å². The zero-order valence-electron chi connectivity index (χ0n) is 10.3. The minimum atomic E-state index is 0.571. The summed E-state index contributed by atoms with van der Waals surface area (Å²) in [7, 11) is 0. The molecule has 3 rings (SSSR count). The Balaban J connectivity index is 1.67. The first-order valence-electron chi connectivity index (χ1n) is 5.85. The van der Waals surface area contributed by atoms with Crippen LogP contribution in [0.3, 0.4) is 0 Å². The summed E-state index contributed by atoms with van der Waals surface area (Å²) in [6, 6.07) is 8.07. The number of rotatable bonds is 4. The van der Waals surface area contributed by atoms with E-state index < -0.39 is 0 Å². The van der Waals surface area contributed by atoms with Crippen molar-refractivity contribution < 1.29 is 0 Å². The van der Waals surface area contributed by atoms with Gasteiger partial charge in [0.25, 0.3) is 0 Å². The van der Waals surface area contributed by atoms with Gasteiger partial charge in [-0.3, -0.25) is 0 Å². The molecule has 0 aliphatic heterocycles. The average Bonchev–Trinajstić information content (AvgIpc) is 3.06. The third kappa shape index (κ3) is 3.20. The standard InChI is InChI=1S/C13H10BrClN4S/c14-9-5-18-19(8-9)11-3-1-10(2-4-11)16-6-12-7-17-13(15)20-12/h1-5,7-8,16H,6H2. The predicted octanol–water partition coefficient (Wildman–Crippen LogP) is 4.36. The van der Waals surface area contributed by atoms with Crippen LogP contribution in [-0.4, -0.2) is 14.8 Å². The molecule has 0 radical (unpaired) electrons. The third-order valence-electron chi connectivity index (χ3n) is 2.68. The summed E-state index contributed by atoms with van der Waals surface area (Å²) in [6.45, 7) is 0.719. The molecule has 0 amide bonds. The Bertz CT molecular complexity index is 707. The van der Waals surface area contributed by atoms with Crippen LogP contribution in [0.1, 0.15) is 4.88 Å². The van der Waals surface area contributed by atoms with Crippen molar-refractivity contribution >= 4 is 44.6 Å². The Morgan fingerprint density at radius 2 is 2.05 bits per heavy atom. The van der Waals surface area contributed by atoms with Crippen molar-refractivity contribution in [1.29, 1.82) is 0 Å². The molecule has 3 aromatic rings. The largest absolute Gasteiger partial charge is 0.380 e. The van der Waals surface area contributed by atoms with Gasteiger partial charge < -0.3 is 5.32 Å². The zero-order valence-corrected chi connectivity index (χ0v) is 13.4. The molecule has 0 aliphatic carbocycles. The zero-order chi connectivity index (χ0) is 13.9. The molecule has 7 heteroatoms.